The second-order valence-corrected chi connectivity index (χ2v) is 10.2. The first-order valence-corrected chi connectivity index (χ1v) is 12.3. The number of anilines is 1. The minimum atomic E-state index is -0.460. The summed E-state index contributed by atoms with van der Waals surface area (Å²) >= 11 is 7.63. The van der Waals surface area contributed by atoms with E-state index in [-0.39, 0.29) is 10.9 Å². The van der Waals surface area contributed by atoms with Crippen LogP contribution in [0.4, 0.5) is 10.1 Å². The Morgan fingerprint density at radius 1 is 1.03 bits per heavy atom. The van der Waals surface area contributed by atoms with E-state index in [1.165, 1.54) is 17.0 Å². The van der Waals surface area contributed by atoms with Crippen LogP contribution in [0.3, 0.4) is 0 Å². The monoisotopic (exact) mass is 485 g/mol. The van der Waals surface area contributed by atoms with Gasteiger partial charge in [-0.05, 0) is 80.0 Å². The van der Waals surface area contributed by atoms with Crippen LogP contribution >= 0.6 is 23.4 Å². The molecule has 3 nitrogen and oxygen atoms in total. The van der Waals surface area contributed by atoms with E-state index in [4.69, 9.17) is 16.3 Å². The molecule has 0 fully saturated rings. The van der Waals surface area contributed by atoms with Gasteiger partial charge in [0.25, 0.3) is 0 Å². The first-order valence-electron chi connectivity index (χ1n) is 11.0. The largest absolute Gasteiger partial charge is 0.488 e. The van der Waals surface area contributed by atoms with Gasteiger partial charge in [0.1, 0.15) is 17.2 Å². The average Bonchev–Trinajstić information content (AvgIpc) is 2.77. The number of ether oxygens (including phenoxy) is 1. The number of carbonyl (C=O) groups is 1. The number of carbonyl (C=O) groups excluding carboxylic acids is 1. The molecule has 3 rings (SSSR count). The van der Waals surface area contributed by atoms with Crippen LogP contribution in [-0.4, -0.2) is 17.3 Å². The van der Waals surface area contributed by atoms with Gasteiger partial charge in [-0.25, -0.2) is 4.39 Å². The van der Waals surface area contributed by atoms with Crippen molar-refractivity contribution in [2.75, 3.05) is 11.1 Å². The van der Waals surface area contributed by atoms with Gasteiger partial charge in [0.05, 0.1) is 11.4 Å². The van der Waals surface area contributed by atoms with E-state index in [1.807, 2.05) is 50.2 Å². The number of halogens is 2. The summed E-state index contributed by atoms with van der Waals surface area (Å²) in [5, 5.41) is 3.01. The highest BCUT2D eigenvalue weighted by atomic mass is 35.5. The molecule has 33 heavy (non-hydrogen) atoms. The number of hydrogen-bond donors (Lipinski definition) is 1. The van der Waals surface area contributed by atoms with Crippen molar-refractivity contribution in [2.24, 2.45) is 0 Å². The van der Waals surface area contributed by atoms with Crippen molar-refractivity contribution in [1.29, 1.82) is 0 Å². The van der Waals surface area contributed by atoms with Gasteiger partial charge in [-0.2, -0.15) is 0 Å². The smallest absolute Gasteiger partial charge is 0.228 e. The SMILES string of the molecule is CCSc1ccc(CC(=O)Nc2ccc(CCC(C)(C)Oc3ccc(F)c(Cl)c3)cc2)cc1. The van der Waals surface area contributed by atoms with Crippen molar-refractivity contribution in [2.45, 2.75) is 50.5 Å². The van der Waals surface area contributed by atoms with E-state index in [9.17, 15) is 9.18 Å². The number of aryl methyl sites for hydroxylation is 1. The fourth-order valence-electron chi connectivity index (χ4n) is 3.37. The molecule has 0 heterocycles. The van der Waals surface area contributed by atoms with E-state index in [2.05, 4.69) is 24.4 Å². The summed E-state index contributed by atoms with van der Waals surface area (Å²) < 4.78 is 19.4. The summed E-state index contributed by atoms with van der Waals surface area (Å²) in [6.45, 7) is 6.11. The lowest BCUT2D eigenvalue weighted by Crippen LogP contribution is -2.28. The molecule has 0 saturated carbocycles. The van der Waals surface area contributed by atoms with Crippen molar-refractivity contribution in [3.05, 3.63) is 88.7 Å². The Morgan fingerprint density at radius 2 is 1.70 bits per heavy atom. The Labute approximate surface area is 204 Å². The predicted octanol–water partition coefficient (Wildman–Crippen LogP) is 7.56. The molecule has 6 heteroatoms. The molecule has 1 amide bonds. The van der Waals surface area contributed by atoms with E-state index in [0.717, 1.165) is 35.4 Å². The summed E-state index contributed by atoms with van der Waals surface area (Å²) in [7, 11) is 0. The highest BCUT2D eigenvalue weighted by molar-refractivity contribution is 7.99. The summed E-state index contributed by atoms with van der Waals surface area (Å²) in [6.07, 6.45) is 1.91. The molecule has 174 valence electrons. The molecule has 0 aromatic heterocycles. The molecule has 0 bridgehead atoms. The zero-order chi connectivity index (χ0) is 23.8. The van der Waals surface area contributed by atoms with Crippen LogP contribution in [0.1, 0.15) is 38.3 Å². The van der Waals surface area contributed by atoms with Crippen LogP contribution in [-0.2, 0) is 17.6 Å². The van der Waals surface area contributed by atoms with Crippen LogP contribution in [0.25, 0.3) is 0 Å². The lowest BCUT2D eigenvalue weighted by atomic mass is 9.98. The van der Waals surface area contributed by atoms with Gasteiger partial charge >= 0.3 is 0 Å². The van der Waals surface area contributed by atoms with Gasteiger partial charge in [-0.1, -0.05) is 42.8 Å². The predicted molar refractivity (Wildman–Crippen MR) is 136 cm³/mol. The Kier molecular flexibility index (Phi) is 8.81. The topological polar surface area (TPSA) is 38.3 Å². The Morgan fingerprint density at radius 3 is 2.33 bits per heavy atom. The molecule has 3 aromatic carbocycles. The van der Waals surface area contributed by atoms with Gasteiger partial charge in [0.2, 0.25) is 5.91 Å². The van der Waals surface area contributed by atoms with Crippen molar-refractivity contribution < 1.29 is 13.9 Å². The number of amides is 1. The Balaban J connectivity index is 1.48. The maximum Gasteiger partial charge on any atom is 0.228 e. The molecule has 0 spiro atoms. The van der Waals surface area contributed by atoms with E-state index in [1.54, 1.807) is 17.8 Å². The molecule has 0 aliphatic heterocycles. The highest BCUT2D eigenvalue weighted by Gasteiger charge is 2.20. The summed E-state index contributed by atoms with van der Waals surface area (Å²) in [5.74, 6) is 1.08. The minimum Gasteiger partial charge on any atom is -0.488 e. The first-order chi connectivity index (χ1) is 15.7. The first kappa shape index (κ1) is 25.1. The molecule has 0 saturated heterocycles. The molecule has 1 N–H and O–H groups in total. The molecular formula is C27H29ClFNO2S. The molecule has 0 unspecified atom stereocenters. The van der Waals surface area contributed by atoms with E-state index < -0.39 is 11.4 Å². The number of hydrogen-bond acceptors (Lipinski definition) is 3. The molecule has 0 radical (unpaired) electrons. The summed E-state index contributed by atoms with van der Waals surface area (Å²) in [6, 6.07) is 20.4. The Bertz CT molecular complexity index is 1070. The zero-order valence-corrected chi connectivity index (χ0v) is 20.7. The van der Waals surface area contributed by atoms with Crippen molar-refractivity contribution in [3.63, 3.8) is 0 Å². The third kappa shape index (κ3) is 8.09. The standard InChI is InChI=1S/C27H29ClFNO2S/c1-4-33-23-12-7-20(8-13-23)17-26(31)30-21-9-5-19(6-10-21)15-16-27(2,3)32-22-11-14-25(29)24(28)18-22/h5-14,18H,4,15-17H2,1-3H3,(H,30,31). The van der Waals surface area contributed by atoms with Crippen LogP contribution in [0.5, 0.6) is 5.75 Å². The fraction of sp³-hybridized carbons (Fsp3) is 0.296. The van der Waals surface area contributed by atoms with Crippen molar-refractivity contribution in [1.82, 2.24) is 0 Å². The maximum absolute atomic E-state index is 13.3. The van der Waals surface area contributed by atoms with Gasteiger partial charge in [0, 0.05) is 16.6 Å². The van der Waals surface area contributed by atoms with Gasteiger partial charge in [0.15, 0.2) is 0 Å². The maximum atomic E-state index is 13.3. The lowest BCUT2D eigenvalue weighted by Gasteiger charge is -2.26. The summed E-state index contributed by atoms with van der Waals surface area (Å²) in [5.41, 5.74) is 2.47. The van der Waals surface area contributed by atoms with Crippen molar-refractivity contribution in [3.8, 4) is 5.75 Å². The molecule has 0 aliphatic rings. The highest BCUT2D eigenvalue weighted by Crippen LogP contribution is 2.27. The molecule has 0 aliphatic carbocycles. The number of benzene rings is 3. The quantitative estimate of drug-likeness (QED) is 0.301. The molecule has 0 atom stereocenters. The van der Waals surface area contributed by atoms with Gasteiger partial charge < -0.3 is 10.1 Å². The second kappa shape index (κ2) is 11.6. The normalized spacial score (nSPS) is 11.3. The van der Waals surface area contributed by atoms with E-state index in [0.29, 0.717) is 12.2 Å². The number of nitrogens with one attached hydrogen (secondary N) is 1. The van der Waals surface area contributed by atoms with Crippen LogP contribution < -0.4 is 10.1 Å². The molecular weight excluding hydrogens is 457 g/mol. The zero-order valence-electron chi connectivity index (χ0n) is 19.2. The van der Waals surface area contributed by atoms with Crippen LogP contribution in [0.15, 0.2) is 71.6 Å². The number of rotatable bonds is 10. The van der Waals surface area contributed by atoms with Gasteiger partial charge in [-0.15, -0.1) is 11.8 Å². The van der Waals surface area contributed by atoms with Crippen molar-refractivity contribution >= 4 is 35.0 Å². The fourth-order valence-corrected chi connectivity index (χ4v) is 4.20. The van der Waals surface area contributed by atoms with Gasteiger partial charge in [-0.3, -0.25) is 4.79 Å². The minimum absolute atomic E-state index is 0.0360. The second-order valence-electron chi connectivity index (χ2n) is 8.44. The lowest BCUT2D eigenvalue weighted by molar-refractivity contribution is -0.115. The third-order valence-electron chi connectivity index (χ3n) is 5.14. The average molecular weight is 486 g/mol. The third-order valence-corrected chi connectivity index (χ3v) is 6.32. The molecule has 3 aromatic rings. The van der Waals surface area contributed by atoms with E-state index >= 15 is 0 Å². The number of thioether (sulfide) groups is 1. The Hall–Kier alpha value is -2.50. The summed E-state index contributed by atoms with van der Waals surface area (Å²) in [4.78, 5) is 13.6. The van der Waals surface area contributed by atoms with Crippen LogP contribution in [0.2, 0.25) is 5.02 Å². The van der Waals surface area contributed by atoms with Crippen LogP contribution in [0, 0.1) is 5.82 Å².